The average Bonchev–Trinajstić information content (AvgIpc) is 2.97. The zero-order valence-electron chi connectivity index (χ0n) is 15.5. The Morgan fingerprint density at radius 3 is 2.53 bits per heavy atom. The molecular formula is C20H15FN2O5S2. The molecule has 1 fully saturated rings. The van der Waals surface area contributed by atoms with Crippen molar-refractivity contribution in [2.75, 3.05) is 5.32 Å². The number of anilines is 1. The molecule has 3 N–H and O–H groups in total. The first-order chi connectivity index (χ1) is 14.2. The molecule has 1 aliphatic heterocycles. The number of thiocarbonyl (C=S) groups is 1. The fraction of sp³-hybridized carbons (Fsp3) is 0.100. The monoisotopic (exact) mass is 446 g/mol. The number of nitrogens with zero attached hydrogens (tertiary/aromatic N) is 1. The number of aromatic carboxylic acids is 1. The zero-order valence-corrected chi connectivity index (χ0v) is 17.1. The summed E-state index contributed by atoms with van der Waals surface area (Å²) in [6, 6.07) is 8.20. The van der Waals surface area contributed by atoms with Gasteiger partial charge in [0.15, 0.2) is 0 Å². The van der Waals surface area contributed by atoms with E-state index in [1.165, 1.54) is 37.3 Å². The lowest BCUT2D eigenvalue weighted by atomic mass is 10.1. The molecule has 3 rings (SSSR count). The number of hydrogen-bond acceptors (Lipinski definition) is 6. The number of nitrogens with one attached hydrogen (secondary N) is 1. The zero-order chi connectivity index (χ0) is 22.0. The number of carbonyl (C=O) groups is 3. The number of thioether (sulfide) groups is 1. The van der Waals surface area contributed by atoms with Crippen LogP contribution in [0.3, 0.4) is 0 Å². The van der Waals surface area contributed by atoms with Gasteiger partial charge in [0, 0.05) is 5.69 Å². The van der Waals surface area contributed by atoms with Gasteiger partial charge in [0.05, 0.1) is 4.91 Å². The summed E-state index contributed by atoms with van der Waals surface area (Å²) in [5, 5.41) is 21.1. The molecule has 0 aliphatic carbocycles. The maximum atomic E-state index is 13.1. The summed E-state index contributed by atoms with van der Waals surface area (Å²) < 4.78 is 13.2. The quantitative estimate of drug-likeness (QED) is 0.367. The maximum absolute atomic E-state index is 13.1. The highest BCUT2D eigenvalue weighted by Gasteiger charge is 2.38. The number of hydrogen-bond donors (Lipinski definition) is 3. The van der Waals surface area contributed by atoms with Crippen molar-refractivity contribution in [1.29, 1.82) is 0 Å². The van der Waals surface area contributed by atoms with Crippen LogP contribution >= 0.6 is 24.0 Å². The molecular weight excluding hydrogens is 431 g/mol. The first-order valence-corrected chi connectivity index (χ1v) is 9.79. The van der Waals surface area contributed by atoms with Crippen molar-refractivity contribution in [3.8, 4) is 5.75 Å². The fourth-order valence-electron chi connectivity index (χ4n) is 2.67. The number of phenols is 1. The molecule has 2 aromatic carbocycles. The summed E-state index contributed by atoms with van der Waals surface area (Å²) in [5.74, 6) is -3.23. The maximum Gasteiger partial charge on any atom is 0.339 e. The predicted molar refractivity (Wildman–Crippen MR) is 115 cm³/mol. The van der Waals surface area contributed by atoms with Crippen LogP contribution < -0.4 is 5.32 Å². The van der Waals surface area contributed by atoms with Gasteiger partial charge in [0.1, 0.15) is 27.5 Å². The second-order valence-electron chi connectivity index (χ2n) is 6.31. The number of carboxylic acid groups (broad SMARTS) is 1. The minimum atomic E-state index is -1.35. The molecule has 2 aromatic rings. The van der Waals surface area contributed by atoms with E-state index in [1.54, 1.807) is 6.08 Å². The Bertz CT molecular complexity index is 1090. The summed E-state index contributed by atoms with van der Waals surface area (Å²) in [6.45, 7) is 1.49. The number of rotatable bonds is 5. The summed E-state index contributed by atoms with van der Waals surface area (Å²) >= 11 is 6.27. The average molecular weight is 446 g/mol. The lowest BCUT2D eigenvalue weighted by molar-refractivity contribution is -0.129. The van der Waals surface area contributed by atoms with Gasteiger partial charge in [0.2, 0.25) is 5.91 Å². The Kier molecular flexibility index (Phi) is 6.18. The smallest absolute Gasteiger partial charge is 0.339 e. The number of amides is 2. The van der Waals surface area contributed by atoms with Crippen LogP contribution in [0.15, 0.2) is 47.4 Å². The largest absolute Gasteiger partial charge is 0.507 e. The second-order valence-corrected chi connectivity index (χ2v) is 7.98. The minimum Gasteiger partial charge on any atom is -0.507 e. The molecule has 1 heterocycles. The Morgan fingerprint density at radius 1 is 1.23 bits per heavy atom. The SMILES string of the molecule is C[C@@H](C(=O)Nc1ccc(O)c(C(=O)O)c1)N1C(=O)/C(=C\c2ccc(F)cc2)SC1=S. The van der Waals surface area contributed by atoms with Crippen molar-refractivity contribution in [2.24, 2.45) is 0 Å². The van der Waals surface area contributed by atoms with Gasteiger partial charge in [-0.1, -0.05) is 36.1 Å². The Hall–Kier alpha value is -3.24. The van der Waals surface area contributed by atoms with Crippen molar-refractivity contribution in [3.63, 3.8) is 0 Å². The van der Waals surface area contributed by atoms with Crippen LogP contribution in [0.2, 0.25) is 0 Å². The molecule has 1 saturated heterocycles. The van der Waals surface area contributed by atoms with Crippen molar-refractivity contribution in [1.82, 2.24) is 4.90 Å². The van der Waals surface area contributed by atoms with Crippen molar-refractivity contribution >= 4 is 57.8 Å². The molecule has 0 bridgehead atoms. The van der Waals surface area contributed by atoms with E-state index in [0.29, 0.717) is 10.5 Å². The van der Waals surface area contributed by atoms with E-state index in [2.05, 4.69) is 5.32 Å². The summed E-state index contributed by atoms with van der Waals surface area (Å²) in [7, 11) is 0. The summed E-state index contributed by atoms with van der Waals surface area (Å²) in [4.78, 5) is 37.9. The van der Waals surface area contributed by atoms with Crippen LogP contribution in [0.5, 0.6) is 5.75 Å². The Morgan fingerprint density at radius 2 is 1.90 bits per heavy atom. The first-order valence-electron chi connectivity index (χ1n) is 8.57. The molecule has 10 heteroatoms. The van der Waals surface area contributed by atoms with Crippen LogP contribution in [0, 0.1) is 5.82 Å². The number of carbonyl (C=O) groups excluding carboxylic acids is 2. The highest BCUT2D eigenvalue weighted by Crippen LogP contribution is 2.34. The van der Waals surface area contributed by atoms with E-state index in [0.717, 1.165) is 28.8 Å². The van der Waals surface area contributed by atoms with Gasteiger partial charge in [-0.3, -0.25) is 14.5 Å². The third-order valence-electron chi connectivity index (χ3n) is 4.25. The summed E-state index contributed by atoms with van der Waals surface area (Å²) in [5.41, 5.74) is 0.391. The van der Waals surface area contributed by atoms with Gasteiger partial charge in [-0.2, -0.15) is 0 Å². The van der Waals surface area contributed by atoms with E-state index >= 15 is 0 Å². The predicted octanol–water partition coefficient (Wildman–Crippen LogP) is 3.46. The molecule has 0 radical (unpaired) electrons. The van der Waals surface area contributed by atoms with E-state index in [4.69, 9.17) is 17.3 Å². The van der Waals surface area contributed by atoms with Gasteiger partial charge in [0.25, 0.3) is 5.91 Å². The molecule has 0 aromatic heterocycles. The second kappa shape index (κ2) is 8.64. The van der Waals surface area contributed by atoms with Gasteiger partial charge in [-0.15, -0.1) is 0 Å². The summed E-state index contributed by atoms with van der Waals surface area (Å²) in [6.07, 6.45) is 1.56. The lowest BCUT2D eigenvalue weighted by Gasteiger charge is -2.22. The standard InChI is InChI=1S/C20H15FN2O5S2/c1-10(17(25)22-13-6-7-15(24)14(9-13)19(27)28)23-18(26)16(30-20(23)29)8-11-2-4-12(21)5-3-11/h2-10,24H,1H3,(H,22,25)(H,27,28)/b16-8+/t10-/m0/s1. The van der Waals surface area contributed by atoms with Crippen molar-refractivity contribution < 1.29 is 29.0 Å². The molecule has 7 nitrogen and oxygen atoms in total. The number of halogens is 1. The van der Waals surface area contributed by atoms with Gasteiger partial charge < -0.3 is 15.5 Å². The molecule has 30 heavy (non-hydrogen) atoms. The first kappa shape index (κ1) is 21.5. The fourth-order valence-corrected chi connectivity index (χ4v) is 4.09. The van der Waals surface area contributed by atoms with E-state index < -0.39 is 35.4 Å². The molecule has 154 valence electrons. The van der Waals surface area contributed by atoms with E-state index in [-0.39, 0.29) is 15.6 Å². The molecule has 0 spiro atoms. The lowest BCUT2D eigenvalue weighted by Crippen LogP contribution is -2.44. The number of carboxylic acids is 1. The van der Waals surface area contributed by atoms with Gasteiger partial charge in [-0.05, 0) is 48.9 Å². The highest BCUT2D eigenvalue weighted by atomic mass is 32.2. The normalized spacial score (nSPS) is 16.1. The molecule has 0 unspecified atom stereocenters. The van der Waals surface area contributed by atoms with Crippen LogP contribution in [0.4, 0.5) is 10.1 Å². The molecule has 2 amide bonds. The Balaban J connectivity index is 1.76. The van der Waals surface area contributed by atoms with Crippen LogP contribution in [0.25, 0.3) is 6.08 Å². The van der Waals surface area contributed by atoms with Crippen LogP contribution in [-0.4, -0.2) is 43.3 Å². The van der Waals surface area contributed by atoms with Crippen LogP contribution in [0.1, 0.15) is 22.8 Å². The Labute approximate surface area is 180 Å². The van der Waals surface area contributed by atoms with Crippen LogP contribution in [-0.2, 0) is 9.59 Å². The molecule has 1 atom stereocenters. The van der Waals surface area contributed by atoms with E-state index in [1.807, 2.05) is 0 Å². The van der Waals surface area contributed by atoms with Gasteiger partial charge >= 0.3 is 5.97 Å². The van der Waals surface area contributed by atoms with Gasteiger partial charge in [-0.25, -0.2) is 9.18 Å². The molecule has 1 aliphatic rings. The molecule has 0 saturated carbocycles. The highest BCUT2D eigenvalue weighted by molar-refractivity contribution is 8.26. The topological polar surface area (TPSA) is 107 Å². The number of benzene rings is 2. The van der Waals surface area contributed by atoms with E-state index in [9.17, 15) is 23.9 Å². The number of aromatic hydroxyl groups is 1. The third-order valence-corrected chi connectivity index (χ3v) is 5.58. The van der Waals surface area contributed by atoms with Crippen molar-refractivity contribution in [2.45, 2.75) is 13.0 Å². The van der Waals surface area contributed by atoms with Crippen molar-refractivity contribution in [3.05, 3.63) is 64.3 Å². The third kappa shape index (κ3) is 4.50. The minimum absolute atomic E-state index is 0.148.